The van der Waals surface area contributed by atoms with Crippen molar-refractivity contribution in [3.05, 3.63) is 29.3 Å². The van der Waals surface area contributed by atoms with E-state index in [-0.39, 0.29) is 12.5 Å². The van der Waals surface area contributed by atoms with E-state index in [1.165, 1.54) is 26.6 Å². The molecule has 4 rings (SSSR count). The average Bonchev–Trinajstić information content (AvgIpc) is 3.27. The number of amides is 1. The van der Waals surface area contributed by atoms with Crippen LogP contribution < -0.4 is 5.32 Å². The lowest BCUT2D eigenvalue weighted by molar-refractivity contribution is -0.141. The molecule has 0 spiro atoms. The molecule has 1 aromatic rings. The van der Waals surface area contributed by atoms with Crippen LogP contribution >= 0.6 is 23.7 Å². The second-order valence-electron chi connectivity index (χ2n) is 7.42. The van der Waals surface area contributed by atoms with E-state index >= 15 is 0 Å². The number of carbonyl (C=O) groups excluding carboxylic acids is 1. The van der Waals surface area contributed by atoms with E-state index in [0.717, 1.165) is 19.0 Å². The van der Waals surface area contributed by atoms with Gasteiger partial charge in [0.2, 0.25) is 5.91 Å². The third-order valence-corrected chi connectivity index (χ3v) is 6.86. The van der Waals surface area contributed by atoms with Gasteiger partial charge in [-0.25, -0.2) is 4.31 Å². The highest BCUT2D eigenvalue weighted by Crippen LogP contribution is 2.39. The quantitative estimate of drug-likeness (QED) is 0.621. The van der Waals surface area contributed by atoms with Crippen molar-refractivity contribution in [3.63, 3.8) is 0 Å². The van der Waals surface area contributed by atoms with Crippen LogP contribution in [0, 0.1) is 5.41 Å². The summed E-state index contributed by atoms with van der Waals surface area (Å²) in [4.78, 5) is 17.0. The number of nitrogens with zero attached hydrogens (tertiary/aromatic N) is 2. The molecule has 2 N–H and O–H groups in total. The number of aliphatic hydroxyl groups excluding tert-OH is 1. The van der Waals surface area contributed by atoms with Crippen molar-refractivity contribution in [2.24, 2.45) is 5.41 Å². The van der Waals surface area contributed by atoms with Gasteiger partial charge < -0.3 is 15.3 Å². The average molecular weight is 378 g/mol. The van der Waals surface area contributed by atoms with Crippen LogP contribution in [0.3, 0.4) is 0 Å². The first-order valence-corrected chi connectivity index (χ1v) is 10.3. The van der Waals surface area contributed by atoms with Gasteiger partial charge in [-0.15, -0.1) is 11.8 Å². The maximum atomic E-state index is 12.5. The van der Waals surface area contributed by atoms with Crippen molar-refractivity contribution in [2.75, 3.05) is 44.0 Å². The Hall–Kier alpha value is -1.15. The fourth-order valence-corrected chi connectivity index (χ4v) is 5.42. The minimum atomic E-state index is -0.690. The van der Waals surface area contributed by atoms with Crippen molar-refractivity contribution >= 4 is 35.3 Å². The first kappa shape index (κ1) is 17.3. The minimum absolute atomic E-state index is 0.0479. The van der Waals surface area contributed by atoms with E-state index in [2.05, 4.69) is 27.8 Å². The number of nitrogens with one attached hydrogen (secondary N) is 1. The Labute approximate surface area is 157 Å². The topological polar surface area (TPSA) is 55.8 Å². The summed E-state index contributed by atoms with van der Waals surface area (Å²) < 4.78 is 2.37. The van der Waals surface area contributed by atoms with Crippen molar-refractivity contribution in [1.82, 2.24) is 9.21 Å². The fraction of sp³-hybridized carbons (Fsp3) is 0.500. The van der Waals surface area contributed by atoms with Gasteiger partial charge in [0, 0.05) is 41.7 Å². The molecular formula is C18H23N3O2S2. The predicted octanol–water partition coefficient (Wildman–Crippen LogP) is 2.64. The fourth-order valence-electron chi connectivity index (χ4n) is 3.41. The Kier molecular flexibility index (Phi) is 4.52. The molecule has 3 aliphatic rings. The number of benzene rings is 1. The maximum Gasteiger partial charge on any atom is 0.231 e. The summed E-state index contributed by atoms with van der Waals surface area (Å²) in [7, 11) is 0. The number of anilines is 1. The van der Waals surface area contributed by atoms with Gasteiger partial charge in [-0.2, -0.15) is 0 Å². The van der Waals surface area contributed by atoms with Crippen molar-refractivity contribution in [3.8, 4) is 0 Å². The number of hydrogen-bond acceptors (Lipinski definition) is 6. The summed E-state index contributed by atoms with van der Waals surface area (Å²) in [5, 5.41) is 12.8. The van der Waals surface area contributed by atoms with Gasteiger partial charge in [0.25, 0.3) is 0 Å². The van der Waals surface area contributed by atoms with E-state index in [9.17, 15) is 9.90 Å². The molecule has 1 amide bonds. The number of aliphatic hydroxyl groups is 1. The standard InChI is InChI=1S/C18H23N3O2S2/c1-18(2,10-22)17(23)20-6-12-8-21(9-13(12)7-20)25-14-3-4-15-16(5-14)24-11-19-15/h3-5,19,22H,6-11H2,1-2H3. The summed E-state index contributed by atoms with van der Waals surface area (Å²) in [6.45, 7) is 6.73. The lowest BCUT2D eigenvalue weighted by Gasteiger charge is -2.29. The smallest absolute Gasteiger partial charge is 0.231 e. The van der Waals surface area contributed by atoms with Crippen LogP contribution in [0.5, 0.6) is 0 Å². The summed E-state index contributed by atoms with van der Waals surface area (Å²) >= 11 is 3.65. The number of thioether (sulfide) groups is 1. The van der Waals surface area contributed by atoms with Gasteiger partial charge in [-0.05, 0) is 55.1 Å². The molecule has 0 atom stereocenters. The van der Waals surface area contributed by atoms with Gasteiger partial charge in [0.15, 0.2) is 0 Å². The second kappa shape index (κ2) is 6.54. The Bertz CT molecular complexity index is 730. The zero-order valence-corrected chi connectivity index (χ0v) is 16.2. The highest BCUT2D eigenvalue weighted by Gasteiger charge is 2.38. The third kappa shape index (κ3) is 3.30. The molecule has 134 valence electrons. The Morgan fingerprint density at radius 3 is 2.68 bits per heavy atom. The van der Waals surface area contributed by atoms with Crippen LogP contribution in [-0.4, -0.2) is 58.9 Å². The highest BCUT2D eigenvalue weighted by molar-refractivity contribution is 8.00. The SMILES string of the molecule is CC(C)(CO)C(=O)N1CC2=C(CN(Sc3ccc4c(c3)SCN4)C2)C1. The molecule has 1 aromatic carbocycles. The molecule has 7 heteroatoms. The zero-order valence-electron chi connectivity index (χ0n) is 14.5. The Balaban J connectivity index is 1.35. The van der Waals surface area contributed by atoms with E-state index in [0.29, 0.717) is 13.1 Å². The number of fused-ring (bicyclic) bond motifs is 1. The molecule has 0 aliphatic carbocycles. The molecule has 0 aromatic heterocycles. The molecule has 5 nitrogen and oxygen atoms in total. The van der Waals surface area contributed by atoms with Crippen LogP contribution in [0.2, 0.25) is 0 Å². The molecule has 25 heavy (non-hydrogen) atoms. The van der Waals surface area contributed by atoms with Gasteiger partial charge in [0.1, 0.15) is 0 Å². The van der Waals surface area contributed by atoms with Gasteiger partial charge in [-0.3, -0.25) is 4.79 Å². The number of carbonyl (C=O) groups is 1. The summed E-state index contributed by atoms with van der Waals surface area (Å²) in [6, 6.07) is 6.59. The molecule has 3 heterocycles. The van der Waals surface area contributed by atoms with E-state index in [4.69, 9.17) is 0 Å². The van der Waals surface area contributed by atoms with E-state index in [1.807, 2.05) is 30.5 Å². The van der Waals surface area contributed by atoms with Crippen LogP contribution in [0.4, 0.5) is 5.69 Å². The van der Waals surface area contributed by atoms with Crippen molar-refractivity contribution < 1.29 is 9.90 Å². The lowest BCUT2D eigenvalue weighted by Crippen LogP contribution is -2.43. The van der Waals surface area contributed by atoms with E-state index < -0.39 is 5.41 Å². The molecule has 0 saturated carbocycles. The van der Waals surface area contributed by atoms with Gasteiger partial charge >= 0.3 is 0 Å². The van der Waals surface area contributed by atoms with Crippen molar-refractivity contribution in [2.45, 2.75) is 23.6 Å². The van der Waals surface area contributed by atoms with E-state index in [1.54, 1.807) is 11.9 Å². The van der Waals surface area contributed by atoms with Gasteiger partial charge in [0.05, 0.1) is 17.9 Å². The van der Waals surface area contributed by atoms with Crippen LogP contribution in [0.15, 0.2) is 39.1 Å². The lowest BCUT2D eigenvalue weighted by atomic mass is 9.93. The van der Waals surface area contributed by atoms with Crippen LogP contribution in [0.1, 0.15) is 13.8 Å². The molecular weight excluding hydrogens is 354 g/mol. The van der Waals surface area contributed by atoms with Gasteiger partial charge in [-0.1, -0.05) is 0 Å². The molecule has 0 unspecified atom stereocenters. The minimum Gasteiger partial charge on any atom is -0.395 e. The summed E-state index contributed by atoms with van der Waals surface area (Å²) in [6.07, 6.45) is 0. The predicted molar refractivity (Wildman–Crippen MR) is 103 cm³/mol. The molecule has 0 radical (unpaired) electrons. The largest absolute Gasteiger partial charge is 0.395 e. The first-order chi connectivity index (χ1) is 12.0. The maximum absolute atomic E-state index is 12.5. The third-order valence-electron chi connectivity index (χ3n) is 4.94. The van der Waals surface area contributed by atoms with Crippen LogP contribution in [0.25, 0.3) is 0 Å². The van der Waals surface area contributed by atoms with Crippen LogP contribution in [-0.2, 0) is 4.79 Å². The Morgan fingerprint density at radius 1 is 1.28 bits per heavy atom. The number of rotatable bonds is 4. The second-order valence-corrected chi connectivity index (χ2v) is 9.61. The normalized spacial score (nSPS) is 20.0. The zero-order chi connectivity index (χ0) is 17.6. The molecule has 0 fully saturated rings. The number of hydrogen-bond donors (Lipinski definition) is 2. The summed E-state index contributed by atoms with van der Waals surface area (Å²) in [5.74, 6) is 1.00. The highest BCUT2D eigenvalue weighted by atomic mass is 32.2. The molecule has 3 aliphatic heterocycles. The Morgan fingerprint density at radius 2 is 2.00 bits per heavy atom. The monoisotopic (exact) mass is 377 g/mol. The first-order valence-electron chi connectivity index (χ1n) is 8.50. The summed E-state index contributed by atoms with van der Waals surface area (Å²) in [5.41, 5.74) is 3.28. The van der Waals surface area contributed by atoms with Crippen molar-refractivity contribution in [1.29, 1.82) is 0 Å². The molecule has 0 bridgehead atoms. The molecule has 0 saturated heterocycles.